The summed E-state index contributed by atoms with van der Waals surface area (Å²) < 4.78 is 0. The van der Waals surface area contributed by atoms with Crippen LogP contribution >= 0.6 is 0 Å². The van der Waals surface area contributed by atoms with E-state index in [0.717, 1.165) is 11.1 Å². The van der Waals surface area contributed by atoms with Gasteiger partial charge in [0.05, 0.1) is 18.6 Å². The first-order chi connectivity index (χ1) is 8.06. The number of amides is 1. The zero-order chi connectivity index (χ0) is 12.4. The van der Waals surface area contributed by atoms with Gasteiger partial charge in [-0.1, -0.05) is 29.8 Å². The molecule has 0 radical (unpaired) electrons. The Labute approximate surface area is 100 Å². The number of likely N-dealkylation sites (tertiary alicyclic amines) is 1. The molecule has 4 nitrogen and oxygen atoms in total. The fourth-order valence-corrected chi connectivity index (χ4v) is 1.97. The van der Waals surface area contributed by atoms with Crippen molar-refractivity contribution in [3.63, 3.8) is 0 Å². The monoisotopic (exact) mass is 235 g/mol. The third-order valence-corrected chi connectivity index (χ3v) is 3.09. The highest BCUT2D eigenvalue weighted by atomic mass is 16.3. The molecule has 1 amide bonds. The van der Waals surface area contributed by atoms with E-state index >= 15 is 0 Å². The van der Waals surface area contributed by atoms with Gasteiger partial charge >= 0.3 is 0 Å². The van der Waals surface area contributed by atoms with Crippen LogP contribution < -0.4 is 0 Å². The van der Waals surface area contributed by atoms with E-state index in [1.54, 1.807) is 0 Å². The lowest BCUT2D eigenvalue weighted by molar-refractivity contribution is -0.129. The number of aliphatic hydroxyl groups is 2. The fraction of sp³-hybridized carbons (Fsp3) is 0.462. The van der Waals surface area contributed by atoms with E-state index in [-0.39, 0.29) is 19.0 Å². The number of carbonyl (C=O) groups excluding carboxylic acids is 1. The molecule has 1 aromatic carbocycles. The number of hydrogen-bond acceptors (Lipinski definition) is 3. The summed E-state index contributed by atoms with van der Waals surface area (Å²) in [6.45, 7) is 2.45. The largest absolute Gasteiger partial charge is 0.388 e. The smallest absolute Gasteiger partial charge is 0.227 e. The van der Waals surface area contributed by atoms with Gasteiger partial charge in [0.25, 0.3) is 0 Å². The number of benzene rings is 1. The van der Waals surface area contributed by atoms with Crippen molar-refractivity contribution >= 4 is 5.91 Å². The van der Waals surface area contributed by atoms with Gasteiger partial charge in [-0.15, -0.1) is 0 Å². The molecule has 2 atom stereocenters. The first-order valence-corrected chi connectivity index (χ1v) is 5.75. The summed E-state index contributed by atoms with van der Waals surface area (Å²) >= 11 is 0. The molecule has 17 heavy (non-hydrogen) atoms. The Hall–Kier alpha value is -1.39. The molecule has 2 rings (SSSR count). The average Bonchev–Trinajstić information content (AvgIpc) is 2.63. The van der Waals surface area contributed by atoms with Gasteiger partial charge in [-0.3, -0.25) is 4.79 Å². The van der Waals surface area contributed by atoms with E-state index in [1.807, 2.05) is 31.2 Å². The van der Waals surface area contributed by atoms with Gasteiger partial charge in [-0.25, -0.2) is 0 Å². The van der Waals surface area contributed by atoms with Crippen molar-refractivity contribution in [2.75, 3.05) is 13.1 Å². The van der Waals surface area contributed by atoms with Gasteiger partial charge in [-0.2, -0.15) is 0 Å². The van der Waals surface area contributed by atoms with Crippen molar-refractivity contribution < 1.29 is 15.0 Å². The number of nitrogens with zero attached hydrogens (tertiary/aromatic N) is 1. The average molecular weight is 235 g/mol. The SMILES string of the molecule is Cc1ccc(CC(=O)N2C[C@@H](O)[C@@H](O)C2)cc1. The van der Waals surface area contributed by atoms with Gasteiger partial charge in [0.2, 0.25) is 5.91 Å². The molecule has 1 aliphatic rings. The number of hydrogen-bond donors (Lipinski definition) is 2. The highest BCUT2D eigenvalue weighted by Crippen LogP contribution is 2.12. The first-order valence-electron chi connectivity index (χ1n) is 5.75. The maximum atomic E-state index is 11.9. The zero-order valence-electron chi connectivity index (χ0n) is 9.84. The van der Waals surface area contributed by atoms with Gasteiger partial charge in [0.1, 0.15) is 0 Å². The molecular weight excluding hydrogens is 218 g/mol. The lowest BCUT2D eigenvalue weighted by atomic mass is 10.1. The normalized spacial score (nSPS) is 24.1. The summed E-state index contributed by atoms with van der Waals surface area (Å²) in [5.74, 6) is -0.0514. The van der Waals surface area contributed by atoms with Crippen LogP contribution in [-0.2, 0) is 11.2 Å². The van der Waals surface area contributed by atoms with E-state index in [4.69, 9.17) is 0 Å². The van der Waals surface area contributed by atoms with E-state index < -0.39 is 12.2 Å². The van der Waals surface area contributed by atoms with Crippen LogP contribution in [0.25, 0.3) is 0 Å². The third-order valence-electron chi connectivity index (χ3n) is 3.09. The van der Waals surface area contributed by atoms with Crippen LogP contribution in [0.2, 0.25) is 0 Å². The maximum Gasteiger partial charge on any atom is 0.227 e. The molecule has 0 bridgehead atoms. The van der Waals surface area contributed by atoms with Gasteiger partial charge < -0.3 is 15.1 Å². The van der Waals surface area contributed by atoms with E-state index in [1.165, 1.54) is 4.90 Å². The fourth-order valence-electron chi connectivity index (χ4n) is 1.97. The summed E-state index contributed by atoms with van der Waals surface area (Å²) in [6, 6.07) is 7.79. The molecule has 0 aliphatic carbocycles. The Kier molecular flexibility index (Phi) is 3.45. The van der Waals surface area contributed by atoms with Crippen LogP contribution in [0.3, 0.4) is 0 Å². The molecule has 1 saturated heterocycles. The van der Waals surface area contributed by atoms with Crippen LogP contribution in [0.4, 0.5) is 0 Å². The molecule has 0 saturated carbocycles. The van der Waals surface area contributed by atoms with Crippen molar-refractivity contribution in [3.05, 3.63) is 35.4 Å². The summed E-state index contributed by atoms with van der Waals surface area (Å²) in [5.41, 5.74) is 2.12. The zero-order valence-corrected chi connectivity index (χ0v) is 9.84. The molecule has 4 heteroatoms. The molecule has 1 aliphatic heterocycles. The minimum absolute atomic E-state index is 0.0514. The Morgan fingerprint density at radius 1 is 1.24 bits per heavy atom. The molecule has 2 N–H and O–H groups in total. The van der Waals surface area contributed by atoms with Crippen molar-refractivity contribution in [2.45, 2.75) is 25.6 Å². The Morgan fingerprint density at radius 3 is 2.29 bits per heavy atom. The number of carbonyl (C=O) groups is 1. The van der Waals surface area contributed by atoms with Crippen LogP contribution in [-0.4, -0.2) is 46.3 Å². The van der Waals surface area contributed by atoms with E-state index in [9.17, 15) is 15.0 Å². The quantitative estimate of drug-likeness (QED) is 0.764. The van der Waals surface area contributed by atoms with Crippen LogP contribution in [0.15, 0.2) is 24.3 Å². The van der Waals surface area contributed by atoms with Gasteiger partial charge in [0.15, 0.2) is 0 Å². The lowest BCUT2D eigenvalue weighted by Gasteiger charge is -2.15. The van der Waals surface area contributed by atoms with Crippen LogP contribution in [0.5, 0.6) is 0 Å². The van der Waals surface area contributed by atoms with Crippen molar-refractivity contribution in [2.24, 2.45) is 0 Å². The highest BCUT2D eigenvalue weighted by molar-refractivity contribution is 5.79. The molecule has 0 spiro atoms. The van der Waals surface area contributed by atoms with Gasteiger partial charge in [-0.05, 0) is 12.5 Å². The summed E-state index contributed by atoms with van der Waals surface area (Å²) in [4.78, 5) is 13.4. The van der Waals surface area contributed by atoms with Crippen molar-refractivity contribution in [1.82, 2.24) is 4.90 Å². The minimum atomic E-state index is -0.808. The molecule has 1 aromatic rings. The van der Waals surface area contributed by atoms with Crippen LogP contribution in [0.1, 0.15) is 11.1 Å². The molecule has 0 unspecified atom stereocenters. The second kappa shape index (κ2) is 4.85. The predicted octanol–water partition coefficient (Wildman–Crippen LogP) is 0.102. The molecule has 0 aromatic heterocycles. The third kappa shape index (κ3) is 2.84. The second-order valence-electron chi connectivity index (χ2n) is 4.60. The number of rotatable bonds is 2. The topological polar surface area (TPSA) is 60.8 Å². The standard InChI is InChI=1S/C13H17NO3/c1-9-2-4-10(5-3-9)6-13(17)14-7-11(15)12(16)8-14/h2-5,11-12,15-16H,6-8H2,1H3/t11-,12+. The van der Waals surface area contributed by atoms with E-state index in [0.29, 0.717) is 6.42 Å². The number of aryl methyl sites for hydroxylation is 1. The van der Waals surface area contributed by atoms with Crippen molar-refractivity contribution in [1.29, 1.82) is 0 Å². The van der Waals surface area contributed by atoms with E-state index in [2.05, 4.69) is 0 Å². The van der Waals surface area contributed by atoms with Crippen molar-refractivity contribution in [3.8, 4) is 0 Å². The maximum absolute atomic E-state index is 11.9. The summed E-state index contributed by atoms with van der Waals surface area (Å²) in [5, 5.41) is 18.8. The lowest BCUT2D eigenvalue weighted by Crippen LogP contribution is -2.31. The minimum Gasteiger partial charge on any atom is -0.388 e. The Bertz CT molecular complexity index is 392. The molecule has 1 heterocycles. The summed E-state index contributed by atoms with van der Waals surface area (Å²) in [6.07, 6.45) is -1.30. The molecular formula is C13H17NO3. The second-order valence-corrected chi connectivity index (χ2v) is 4.60. The molecule has 92 valence electrons. The number of β-amino-alcohol motifs (C(OH)–C–C–N with tert-alkyl or cyclic N) is 2. The molecule has 1 fully saturated rings. The predicted molar refractivity (Wildman–Crippen MR) is 63.5 cm³/mol. The first kappa shape index (κ1) is 12.1. The van der Waals surface area contributed by atoms with Crippen LogP contribution in [0, 0.1) is 6.92 Å². The number of aliphatic hydroxyl groups excluding tert-OH is 2. The highest BCUT2D eigenvalue weighted by Gasteiger charge is 2.32. The Balaban J connectivity index is 1.96. The van der Waals surface area contributed by atoms with Gasteiger partial charge in [0, 0.05) is 13.1 Å². The summed E-state index contributed by atoms with van der Waals surface area (Å²) in [7, 11) is 0. The Morgan fingerprint density at radius 2 is 1.76 bits per heavy atom.